The number of halogens is 1. The van der Waals surface area contributed by atoms with Gasteiger partial charge < -0.3 is 24.8 Å². The number of ether oxygens (including phenoxy) is 3. The summed E-state index contributed by atoms with van der Waals surface area (Å²) in [6.45, 7) is 5.54. The SMILES string of the molecule is O=C(NC[C@H]([C@@H]1CCOC1)N1CCOCC1)Nc1cccc(COc2cccc(F)c2)c1. The topological polar surface area (TPSA) is 72.1 Å². The smallest absolute Gasteiger partial charge is 0.319 e. The zero-order valence-corrected chi connectivity index (χ0v) is 18.1. The summed E-state index contributed by atoms with van der Waals surface area (Å²) in [5.74, 6) is 0.539. The lowest BCUT2D eigenvalue weighted by Gasteiger charge is -2.37. The first-order valence-corrected chi connectivity index (χ1v) is 11.1. The molecule has 2 aromatic carbocycles. The molecule has 0 spiro atoms. The summed E-state index contributed by atoms with van der Waals surface area (Å²) in [5.41, 5.74) is 1.55. The van der Waals surface area contributed by atoms with Crippen LogP contribution in [0.2, 0.25) is 0 Å². The second kappa shape index (κ2) is 11.3. The standard InChI is InChI=1S/C24H30FN3O4/c25-20-4-2-6-22(14-20)32-16-18-3-1-5-21(13-18)27-24(29)26-15-23(19-7-10-31-17-19)28-8-11-30-12-9-28/h1-6,13-14,19,23H,7-12,15-17H2,(H2,26,27,29)/t19-,23-/m1/s1. The number of urea groups is 1. The van der Waals surface area contributed by atoms with Gasteiger partial charge in [0.25, 0.3) is 0 Å². The van der Waals surface area contributed by atoms with Crippen LogP contribution < -0.4 is 15.4 Å². The molecule has 0 bridgehead atoms. The van der Waals surface area contributed by atoms with E-state index in [2.05, 4.69) is 15.5 Å². The molecule has 0 aliphatic carbocycles. The zero-order valence-electron chi connectivity index (χ0n) is 18.1. The lowest BCUT2D eigenvalue weighted by atomic mass is 9.97. The monoisotopic (exact) mass is 443 g/mol. The lowest BCUT2D eigenvalue weighted by molar-refractivity contribution is 0.00222. The molecule has 0 saturated carbocycles. The Morgan fingerprint density at radius 2 is 1.97 bits per heavy atom. The predicted octanol–water partition coefficient (Wildman–Crippen LogP) is 3.26. The van der Waals surface area contributed by atoms with Gasteiger partial charge in [0.15, 0.2) is 0 Å². The average molecular weight is 444 g/mol. The molecule has 0 aromatic heterocycles. The number of benzene rings is 2. The number of hydrogen-bond donors (Lipinski definition) is 2. The molecule has 2 atom stereocenters. The minimum Gasteiger partial charge on any atom is -0.489 e. The van der Waals surface area contributed by atoms with Crippen LogP contribution in [0, 0.1) is 11.7 Å². The maximum Gasteiger partial charge on any atom is 0.319 e. The summed E-state index contributed by atoms with van der Waals surface area (Å²) in [5, 5.41) is 5.93. The molecular formula is C24H30FN3O4. The maximum absolute atomic E-state index is 13.3. The minimum absolute atomic E-state index is 0.234. The van der Waals surface area contributed by atoms with Crippen LogP contribution in [0.25, 0.3) is 0 Å². The third kappa shape index (κ3) is 6.41. The highest BCUT2D eigenvalue weighted by molar-refractivity contribution is 5.89. The molecule has 2 heterocycles. The quantitative estimate of drug-likeness (QED) is 0.655. The number of carbonyl (C=O) groups excluding carboxylic acids is 1. The molecule has 32 heavy (non-hydrogen) atoms. The van der Waals surface area contributed by atoms with Crippen molar-refractivity contribution in [3.63, 3.8) is 0 Å². The van der Waals surface area contributed by atoms with E-state index in [1.165, 1.54) is 12.1 Å². The van der Waals surface area contributed by atoms with Gasteiger partial charge in [-0.1, -0.05) is 18.2 Å². The van der Waals surface area contributed by atoms with E-state index < -0.39 is 0 Å². The molecule has 2 fully saturated rings. The summed E-state index contributed by atoms with van der Waals surface area (Å²) in [6, 6.07) is 13.5. The number of rotatable bonds is 8. The molecule has 2 aliphatic rings. The van der Waals surface area contributed by atoms with E-state index in [9.17, 15) is 9.18 Å². The first-order valence-electron chi connectivity index (χ1n) is 11.1. The first kappa shape index (κ1) is 22.5. The highest BCUT2D eigenvalue weighted by Crippen LogP contribution is 2.22. The molecule has 2 saturated heterocycles. The number of hydrogen-bond acceptors (Lipinski definition) is 5. The van der Waals surface area contributed by atoms with Crippen molar-refractivity contribution in [3.8, 4) is 5.75 Å². The Morgan fingerprint density at radius 1 is 1.12 bits per heavy atom. The second-order valence-corrected chi connectivity index (χ2v) is 8.12. The average Bonchev–Trinajstić information content (AvgIpc) is 3.34. The van der Waals surface area contributed by atoms with Crippen molar-refractivity contribution in [2.45, 2.75) is 19.1 Å². The van der Waals surface area contributed by atoms with Gasteiger partial charge in [-0.05, 0) is 36.2 Å². The third-order valence-electron chi connectivity index (χ3n) is 5.88. The van der Waals surface area contributed by atoms with Gasteiger partial charge in [-0.2, -0.15) is 0 Å². The van der Waals surface area contributed by atoms with Crippen LogP contribution >= 0.6 is 0 Å². The van der Waals surface area contributed by atoms with Gasteiger partial charge in [0, 0.05) is 50.0 Å². The van der Waals surface area contributed by atoms with Crippen molar-refractivity contribution in [2.75, 3.05) is 51.4 Å². The predicted molar refractivity (Wildman–Crippen MR) is 119 cm³/mol. The molecule has 2 aromatic rings. The number of carbonyl (C=O) groups is 1. The fourth-order valence-corrected chi connectivity index (χ4v) is 4.19. The Hall–Kier alpha value is -2.68. The van der Waals surface area contributed by atoms with Gasteiger partial charge in [0.05, 0.1) is 19.8 Å². The first-order chi connectivity index (χ1) is 15.7. The minimum atomic E-state index is -0.339. The molecule has 172 valence electrons. The van der Waals surface area contributed by atoms with E-state index in [0.717, 1.165) is 51.5 Å². The number of amides is 2. The molecule has 0 unspecified atom stereocenters. The van der Waals surface area contributed by atoms with E-state index in [-0.39, 0.29) is 24.5 Å². The lowest BCUT2D eigenvalue weighted by Crippen LogP contribution is -2.52. The fourth-order valence-electron chi connectivity index (χ4n) is 4.19. The third-order valence-corrected chi connectivity index (χ3v) is 5.88. The van der Waals surface area contributed by atoms with Crippen LogP contribution in [-0.2, 0) is 16.1 Å². The van der Waals surface area contributed by atoms with E-state index >= 15 is 0 Å². The van der Waals surface area contributed by atoms with Crippen molar-refractivity contribution in [1.82, 2.24) is 10.2 Å². The Balaban J connectivity index is 1.29. The van der Waals surface area contributed by atoms with Crippen LogP contribution in [0.15, 0.2) is 48.5 Å². The summed E-state index contributed by atoms with van der Waals surface area (Å²) < 4.78 is 30.0. The second-order valence-electron chi connectivity index (χ2n) is 8.12. The van der Waals surface area contributed by atoms with Crippen molar-refractivity contribution in [2.24, 2.45) is 5.92 Å². The summed E-state index contributed by atoms with van der Waals surface area (Å²) >= 11 is 0. The van der Waals surface area contributed by atoms with Crippen LogP contribution in [0.1, 0.15) is 12.0 Å². The summed E-state index contributed by atoms with van der Waals surface area (Å²) in [6.07, 6.45) is 1.01. The molecule has 4 rings (SSSR count). The maximum atomic E-state index is 13.3. The largest absolute Gasteiger partial charge is 0.489 e. The van der Waals surface area contributed by atoms with Gasteiger partial charge in [-0.3, -0.25) is 4.90 Å². The van der Waals surface area contributed by atoms with Gasteiger partial charge in [-0.15, -0.1) is 0 Å². The fraction of sp³-hybridized carbons (Fsp3) is 0.458. The Bertz CT molecular complexity index is 885. The molecule has 2 N–H and O–H groups in total. The Labute approximate surface area is 187 Å². The van der Waals surface area contributed by atoms with E-state index in [0.29, 0.717) is 23.9 Å². The van der Waals surface area contributed by atoms with Gasteiger partial charge >= 0.3 is 6.03 Å². The molecule has 2 amide bonds. The van der Waals surface area contributed by atoms with Gasteiger partial charge in [0.1, 0.15) is 18.2 Å². The highest BCUT2D eigenvalue weighted by atomic mass is 19.1. The van der Waals surface area contributed by atoms with Crippen LogP contribution in [0.5, 0.6) is 5.75 Å². The highest BCUT2D eigenvalue weighted by Gasteiger charge is 2.31. The van der Waals surface area contributed by atoms with E-state index in [1.54, 1.807) is 12.1 Å². The van der Waals surface area contributed by atoms with E-state index in [1.807, 2.05) is 24.3 Å². The number of anilines is 1. The van der Waals surface area contributed by atoms with Crippen LogP contribution in [0.3, 0.4) is 0 Å². The molecule has 8 heteroatoms. The van der Waals surface area contributed by atoms with Crippen LogP contribution in [-0.4, -0.2) is 63.0 Å². The summed E-state index contributed by atoms with van der Waals surface area (Å²) in [7, 11) is 0. The summed E-state index contributed by atoms with van der Waals surface area (Å²) in [4.78, 5) is 15.0. The number of nitrogens with zero attached hydrogens (tertiary/aromatic N) is 1. The normalized spacial score (nSPS) is 20.0. The zero-order chi connectivity index (χ0) is 22.2. The van der Waals surface area contributed by atoms with Crippen LogP contribution in [0.4, 0.5) is 14.9 Å². The number of nitrogens with one attached hydrogen (secondary N) is 2. The van der Waals surface area contributed by atoms with Crippen molar-refractivity contribution >= 4 is 11.7 Å². The number of morpholine rings is 1. The molecular weight excluding hydrogens is 413 g/mol. The van der Waals surface area contributed by atoms with Gasteiger partial charge in [0.2, 0.25) is 0 Å². The van der Waals surface area contributed by atoms with Crippen molar-refractivity contribution in [1.29, 1.82) is 0 Å². The molecule has 2 aliphatic heterocycles. The molecule has 0 radical (unpaired) electrons. The van der Waals surface area contributed by atoms with Gasteiger partial charge in [-0.25, -0.2) is 9.18 Å². The van der Waals surface area contributed by atoms with E-state index in [4.69, 9.17) is 14.2 Å². The Kier molecular flexibility index (Phi) is 7.92. The van der Waals surface area contributed by atoms with Crippen molar-refractivity contribution in [3.05, 3.63) is 59.9 Å². The Morgan fingerprint density at radius 3 is 2.75 bits per heavy atom. The van der Waals surface area contributed by atoms with Crippen molar-refractivity contribution < 1.29 is 23.4 Å². The molecule has 7 nitrogen and oxygen atoms in total.